The van der Waals surface area contributed by atoms with Crippen LogP contribution < -0.4 is 5.01 Å². The van der Waals surface area contributed by atoms with E-state index < -0.39 is 0 Å². The Labute approximate surface area is 197 Å². The predicted octanol–water partition coefficient (Wildman–Crippen LogP) is 5.55. The van der Waals surface area contributed by atoms with Crippen molar-refractivity contribution in [2.45, 2.75) is 24.5 Å². The van der Waals surface area contributed by atoms with Gasteiger partial charge >= 0.3 is 0 Å². The van der Waals surface area contributed by atoms with Crippen LogP contribution in [-0.4, -0.2) is 33.1 Å². The van der Waals surface area contributed by atoms with E-state index in [0.717, 1.165) is 34.4 Å². The summed E-state index contributed by atoms with van der Waals surface area (Å²) in [6.45, 7) is 1.90. The molecule has 0 fully saturated rings. The summed E-state index contributed by atoms with van der Waals surface area (Å²) in [5.74, 6) is 0.762. The first kappa shape index (κ1) is 21.2. The van der Waals surface area contributed by atoms with Crippen molar-refractivity contribution in [3.63, 3.8) is 0 Å². The van der Waals surface area contributed by atoms with Crippen molar-refractivity contribution in [1.29, 1.82) is 0 Å². The van der Waals surface area contributed by atoms with Gasteiger partial charge in [-0.25, -0.2) is 0 Å². The molecule has 0 amide bonds. The molecule has 1 atom stereocenters. The van der Waals surface area contributed by atoms with Gasteiger partial charge in [-0.2, -0.15) is 14.9 Å². The van der Waals surface area contributed by atoms with Crippen LogP contribution in [0.25, 0.3) is 0 Å². The summed E-state index contributed by atoms with van der Waals surface area (Å²) in [4.78, 5) is 0. The highest BCUT2D eigenvalue weighted by atomic mass is 32.2. The van der Waals surface area contributed by atoms with Gasteiger partial charge in [0.25, 0.3) is 0 Å². The lowest BCUT2D eigenvalue weighted by atomic mass is 9.98. The zero-order valence-electron chi connectivity index (χ0n) is 18.5. The average molecular weight is 453 g/mol. The Hall–Kier alpha value is -3.71. The molecule has 1 aliphatic heterocycles. The van der Waals surface area contributed by atoms with Crippen LogP contribution in [0, 0.1) is 6.92 Å². The van der Waals surface area contributed by atoms with E-state index in [9.17, 15) is 0 Å². The lowest BCUT2D eigenvalue weighted by Crippen LogP contribution is -2.18. The zero-order chi connectivity index (χ0) is 22.6. The Morgan fingerprint density at radius 3 is 2.30 bits per heavy atom. The molecule has 0 saturated heterocycles. The van der Waals surface area contributed by atoms with Gasteiger partial charge in [0.15, 0.2) is 5.82 Å². The number of anilines is 1. The van der Waals surface area contributed by atoms with Crippen molar-refractivity contribution in [2.75, 3.05) is 11.3 Å². The second-order valence-corrected chi connectivity index (χ2v) is 8.54. The summed E-state index contributed by atoms with van der Waals surface area (Å²) < 4.78 is 1.75. The van der Waals surface area contributed by atoms with Crippen LogP contribution in [0.3, 0.4) is 0 Å². The molecule has 0 N–H and O–H groups in total. The Balaban J connectivity index is 1.43. The lowest BCUT2D eigenvalue weighted by Gasteiger charge is -2.24. The number of aryl methyl sites for hydroxylation is 1. The van der Waals surface area contributed by atoms with E-state index in [1.54, 1.807) is 4.68 Å². The Bertz CT molecular complexity index is 1280. The van der Waals surface area contributed by atoms with Gasteiger partial charge in [0.2, 0.25) is 5.16 Å². The average Bonchev–Trinajstić information content (AvgIpc) is 3.48. The molecule has 33 heavy (non-hydrogen) atoms. The largest absolute Gasteiger partial charge is 0.257 e. The van der Waals surface area contributed by atoms with Crippen molar-refractivity contribution in [3.8, 4) is 0 Å². The minimum absolute atomic E-state index is 0.157. The molecule has 1 aliphatic rings. The number of hydrogen-bond acceptors (Lipinski definition) is 6. The molecule has 2 heterocycles. The molecule has 3 aromatic carbocycles. The molecule has 6 nitrogen and oxygen atoms in total. The van der Waals surface area contributed by atoms with E-state index in [4.69, 9.17) is 5.10 Å². The van der Waals surface area contributed by atoms with Crippen molar-refractivity contribution in [2.24, 2.45) is 10.2 Å². The highest BCUT2D eigenvalue weighted by Crippen LogP contribution is 2.36. The second-order valence-electron chi connectivity index (χ2n) is 7.77. The molecule has 0 saturated carbocycles. The molecule has 1 aromatic heterocycles. The highest BCUT2D eigenvalue weighted by Gasteiger charge is 2.29. The van der Waals surface area contributed by atoms with Crippen molar-refractivity contribution < 1.29 is 0 Å². The van der Waals surface area contributed by atoms with Crippen LogP contribution >= 0.6 is 11.8 Å². The standard InChI is InChI=1S/C26H24N6S/c1-19-28-29-26(33-2)31(19)27-18-20-13-15-23(16-14-20)32-25(22-11-7-4-8-12-22)17-24(30-32)21-9-5-3-6-10-21/h3-16,18,25H,17H2,1-2H3/b27-18-. The summed E-state index contributed by atoms with van der Waals surface area (Å²) in [5, 5.41) is 20.7. The van der Waals surface area contributed by atoms with E-state index >= 15 is 0 Å². The van der Waals surface area contributed by atoms with Gasteiger partial charge in [-0.3, -0.25) is 5.01 Å². The van der Waals surface area contributed by atoms with E-state index in [1.807, 2.05) is 25.5 Å². The van der Waals surface area contributed by atoms with Crippen molar-refractivity contribution in [3.05, 3.63) is 107 Å². The first-order valence-corrected chi connectivity index (χ1v) is 12.0. The third-order valence-corrected chi connectivity index (χ3v) is 6.25. The molecule has 0 bridgehead atoms. The maximum atomic E-state index is 5.03. The van der Waals surface area contributed by atoms with Crippen LogP contribution in [-0.2, 0) is 0 Å². The Kier molecular flexibility index (Phi) is 6.04. The Morgan fingerprint density at radius 2 is 1.61 bits per heavy atom. The number of thioether (sulfide) groups is 1. The summed E-state index contributed by atoms with van der Waals surface area (Å²) in [5.41, 5.74) is 5.57. The summed E-state index contributed by atoms with van der Waals surface area (Å²) in [7, 11) is 0. The maximum absolute atomic E-state index is 5.03. The molecule has 1 unspecified atom stereocenters. The number of benzene rings is 3. The quantitative estimate of drug-likeness (QED) is 0.284. The van der Waals surface area contributed by atoms with Gasteiger partial charge in [-0.05, 0) is 42.0 Å². The minimum atomic E-state index is 0.157. The molecular formula is C26H24N6S. The van der Waals surface area contributed by atoms with Gasteiger partial charge in [0.1, 0.15) is 0 Å². The molecule has 4 aromatic rings. The SMILES string of the molecule is CSc1nnc(C)n1/N=C\c1ccc(N2N=C(c3ccccc3)CC2c2ccccc2)cc1. The number of hydrogen-bond donors (Lipinski definition) is 0. The molecule has 0 spiro atoms. The molecule has 0 aliphatic carbocycles. The number of aromatic nitrogens is 3. The second kappa shape index (κ2) is 9.42. The molecule has 0 radical (unpaired) electrons. The predicted molar refractivity (Wildman–Crippen MR) is 135 cm³/mol. The number of rotatable bonds is 6. The normalized spacial score (nSPS) is 15.9. The minimum Gasteiger partial charge on any atom is -0.257 e. The summed E-state index contributed by atoms with van der Waals surface area (Å²) >= 11 is 1.52. The fourth-order valence-electron chi connectivity index (χ4n) is 3.92. The molecular weight excluding hydrogens is 428 g/mol. The van der Waals surface area contributed by atoms with Crippen LogP contribution in [0.15, 0.2) is 100 Å². The lowest BCUT2D eigenvalue weighted by molar-refractivity contribution is 0.709. The van der Waals surface area contributed by atoms with Gasteiger partial charge in [0.05, 0.1) is 23.7 Å². The molecule has 5 rings (SSSR count). The Morgan fingerprint density at radius 1 is 0.909 bits per heavy atom. The van der Waals surface area contributed by atoms with Crippen LogP contribution in [0.4, 0.5) is 5.69 Å². The number of hydrazone groups is 1. The summed E-state index contributed by atoms with van der Waals surface area (Å²) in [6.07, 6.45) is 4.66. The van der Waals surface area contributed by atoms with E-state index in [0.29, 0.717) is 0 Å². The zero-order valence-corrected chi connectivity index (χ0v) is 19.4. The van der Waals surface area contributed by atoms with Crippen molar-refractivity contribution in [1.82, 2.24) is 14.9 Å². The number of nitrogens with zero attached hydrogens (tertiary/aromatic N) is 6. The van der Waals surface area contributed by atoms with E-state index in [1.165, 1.54) is 22.9 Å². The molecule has 7 heteroatoms. The molecule has 164 valence electrons. The van der Waals surface area contributed by atoms with E-state index in [-0.39, 0.29) is 6.04 Å². The van der Waals surface area contributed by atoms with Gasteiger partial charge < -0.3 is 0 Å². The first-order chi connectivity index (χ1) is 16.2. The summed E-state index contributed by atoms with van der Waals surface area (Å²) in [6, 6.07) is 29.5. The van der Waals surface area contributed by atoms with Crippen LogP contribution in [0.1, 0.15) is 35.0 Å². The topological polar surface area (TPSA) is 58.7 Å². The van der Waals surface area contributed by atoms with Gasteiger partial charge in [-0.1, -0.05) is 84.6 Å². The van der Waals surface area contributed by atoms with E-state index in [2.05, 4.69) is 99.2 Å². The highest BCUT2D eigenvalue weighted by molar-refractivity contribution is 7.98. The van der Waals surface area contributed by atoms with Crippen LogP contribution in [0.2, 0.25) is 0 Å². The van der Waals surface area contributed by atoms with Gasteiger partial charge in [-0.15, -0.1) is 10.2 Å². The third kappa shape index (κ3) is 4.45. The smallest absolute Gasteiger partial charge is 0.211 e. The van der Waals surface area contributed by atoms with Crippen molar-refractivity contribution >= 4 is 29.4 Å². The fraction of sp³-hybridized carbons (Fsp3) is 0.154. The monoisotopic (exact) mass is 452 g/mol. The maximum Gasteiger partial charge on any atom is 0.211 e. The van der Waals surface area contributed by atoms with Crippen LogP contribution in [0.5, 0.6) is 0 Å². The fourth-order valence-corrected chi connectivity index (χ4v) is 4.40. The van der Waals surface area contributed by atoms with Gasteiger partial charge in [0, 0.05) is 6.42 Å². The third-order valence-electron chi connectivity index (χ3n) is 5.63. The first-order valence-electron chi connectivity index (χ1n) is 10.8.